The lowest BCUT2D eigenvalue weighted by molar-refractivity contribution is -0.123. The third kappa shape index (κ3) is 2.90. The predicted octanol–water partition coefficient (Wildman–Crippen LogP) is 3.24. The van der Waals surface area contributed by atoms with Crippen molar-refractivity contribution < 1.29 is 9.00 Å². The highest BCUT2D eigenvalue weighted by Gasteiger charge is 2.31. The van der Waals surface area contributed by atoms with Gasteiger partial charge < -0.3 is 5.32 Å². The topological polar surface area (TPSA) is 64.0 Å². The van der Waals surface area contributed by atoms with Gasteiger partial charge in [0.05, 0.1) is 22.9 Å². The molecule has 1 aromatic heterocycles. The molecule has 24 heavy (non-hydrogen) atoms. The second-order valence-electron chi connectivity index (χ2n) is 7.34. The fraction of sp³-hybridized carbons (Fsp3) is 0.444. The molecule has 0 radical (unpaired) electrons. The van der Waals surface area contributed by atoms with Gasteiger partial charge in [0.15, 0.2) is 0 Å². The van der Waals surface area contributed by atoms with Gasteiger partial charge in [-0.3, -0.25) is 9.00 Å². The second-order valence-corrected chi connectivity index (χ2v) is 8.79. The molecule has 1 amide bonds. The average Bonchev–Trinajstić information content (AvgIpc) is 2.98. The second kappa shape index (κ2) is 5.84. The van der Waals surface area contributed by atoms with Crippen molar-refractivity contribution in [2.45, 2.75) is 46.1 Å². The van der Waals surface area contributed by atoms with Crippen LogP contribution >= 0.6 is 0 Å². The zero-order valence-electron chi connectivity index (χ0n) is 14.8. The van der Waals surface area contributed by atoms with Gasteiger partial charge in [-0.2, -0.15) is 5.10 Å². The number of rotatable bonds is 2. The first-order valence-electron chi connectivity index (χ1n) is 8.02. The van der Waals surface area contributed by atoms with Crippen molar-refractivity contribution >= 4 is 22.5 Å². The Bertz CT molecular complexity index is 847. The molecule has 0 bridgehead atoms. The maximum absolute atomic E-state index is 12.5. The maximum Gasteiger partial charge on any atom is 0.230 e. The number of hydrogen-bond acceptors (Lipinski definition) is 3. The fourth-order valence-electron chi connectivity index (χ4n) is 2.69. The highest BCUT2D eigenvalue weighted by molar-refractivity contribution is 7.83. The summed E-state index contributed by atoms with van der Waals surface area (Å²) in [5.74, 6) is 1.48. The van der Waals surface area contributed by atoms with Crippen molar-refractivity contribution in [2.75, 3.05) is 5.32 Å². The minimum Gasteiger partial charge on any atom is -0.310 e. The molecule has 0 saturated carbocycles. The van der Waals surface area contributed by atoms with Gasteiger partial charge in [-0.25, -0.2) is 4.68 Å². The molecule has 0 unspecified atom stereocenters. The Morgan fingerprint density at radius 1 is 1.25 bits per heavy atom. The van der Waals surface area contributed by atoms with Crippen LogP contribution in [0.15, 0.2) is 18.2 Å². The molecule has 0 spiro atoms. The van der Waals surface area contributed by atoms with Crippen LogP contribution in [-0.2, 0) is 27.1 Å². The van der Waals surface area contributed by atoms with Crippen LogP contribution in [0.1, 0.15) is 43.2 Å². The molecule has 1 aromatic carbocycles. The zero-order valence-corrected chi connectivity index (χ0v) is 15.6. The average molecular weight is 345 g/mol. The highest BCUT2D eigenvalue weighted by Crippen LogP contribution is 2.33. The van der Waals surface area contributed by atoms with E-state index in [1.807, 2.05) is 39.8 Å². The first-order chi connectivity index (χ1) is 11.2. The van der Waals surface area contributed by atoms with Crippen molar-refractivity contribution in [3.8, 4) is 5.69 Å². The van der Waals surface area contributed by atoms with E-state index in [4.69, 9.17) is 0 Å². The largest absolute Gasteiger partial charge is 0.310 e. The number of nitrogens with zero attached hydrogens (tertiary/aromatic N) is 2. The van der Waals surface area contributed by atoms with Crippen molar-refractivity contribution in [3.63, 3.8) is 0 Å². The summed E-state index contributed by atoms with van der Waals surface area (Å²) in [6, 6.07) is 6.03. The Labute approximate surface area is 144 Å². The zero-order chi connectivity index (χ0) is 17.6. The monoisotopic (exact) mass is 345 g/mol. The van der Waals surface area contributed by atoms with Crippen molar-refractivity contribution in [3.05, 3.63) is 40.6 Å². The van der Waals surface area contributed by atoms with Crippen LogP contribution in [0.25, 0.3) is 5.69 Å². The van der Waals surface area contributed by atoms with E-state index in [0.29, 0.717) is 17.3 Å². The Balaban J connectivity index is 2.14. The third-order valence-electron chi connectivity index (χ3n) is 4.39. The van der Waals surface area contributed by atoms with Gasteiger partial charge in [0.2, 0.25) is 5.91 Å². The van der Waals surface area contributed by atoms with Crippen molar-refractivity contribution in [1.29, 1.82) is 0 Å². The van der Waals surface area contributed by atoms with Crippen LogP contribution in [0.5, 0.6) is 0 Å². The first-order valence-corrected chi connectivity index (χ1v) is 9.51. The summed E-state index contributed by atoms with van der Waals surface area (Å²) in [6.07, 6.45) is 0. The summed E-state index contributed by atoms with van der Waals surface area (Å²) < 4.78 is 13.7. The van der Waals surface area contributed by atoms with Crippen molar-refractivity contribution in [1.82, 2.24) is 9.78 Å². The molecule has 1 aliphatic rings. The number of carbonyl (C=O) groups is 1. The highest BCUT2D eigenvalue weighted by atomic mass is 32.2. The number of hydrogen-bond donors (Lipinski definition) is 1. The summed E-state index contributed by atoms with van der Waals surface area (Å²) in [5, 5.41) is 7.68. The third-order valence-corrected chi connectivity index (χ3v) is 5.59. The maximum atomic E-state index is 12.5. The molecule has 2 aromatic rings. The van der Waals surface area contributed by atoms with Crippen LogP contribution in [0.3, 0.4) is 0 Å². The normalized spacial score (nSPS) is 17.0. The lowest BCUT2D eigenvalue weighted by Gasteiger charge is -2.20. The predicted molar refractivity (Wildman–Crippen MR) is 96.7 cm³/mol. The molecular weight excluding hydrogens is 322 g/mol. The Hall–Kier alpha value is -1.95. The lowest BCUT2D eigenvalue weighted by atomic mass is 9.95. The molecule has 128 valence electrons. The van der Waals surface area contributed by atoms with Crippen LogP contribution in [0.2, 0.25) is 0 Å². The number of benzene rings is 1. The quantitative estimate of drug-likeness (QED) is 0.909. The molecule has 1 N–H and O–H groups in total. The number of fused-ring (bicyclic) bond motifs is 1. The Morgan fingerprint density at radius 2 is 1.96 bits per heavy atom. The molecule has 0 aliphatic carbocycles. The molecule has 1 atom stereocenters. The standard InChI is InChI=1S/C18H23N3O2S/c1-11-7-6-8-15(12(11)2)21-16(19-17(22)18(3,4)5)13-9-24(23)10-14(13)20-21/h6-8H,9-10H2,1-5H3,(H,19,22)/t24-/m1/s1. The summed E-state index contributed by atoms with van der Waals surface area (Å²) >= 11 is 0. The van der Waals surface area contributed by atoms with Gasteiger partial charge in [-0.05, 0) is 31.0 Å². The van der Waals surface area contributed by atoms with E-state index in [9.17, 15) is 9.00 Å². The van der Waals surface area contributed by atoms with E-state index >= 15 is 0 Å². The number of amides is 1. The minimum atomic E-state index is -0.936. The number of anilines is 1. The van der Waals surface area contributed by atoms with E-state index in [0.717, 1.165) is 22.5 Å². The van der Waals surface area contributed by atoms with E-state index in [1.54, 1.807) is 4.68 Å². The molecular formula is C18H23N3O2S. The van der Waals surface area contributed by atoms with Crippen LogP contribution in [0.4, 0.5) is 5.82 Å². The first kappa shape index (κ1) is 16.9. The minimum absolute atomic E-state index is 0.0746. The number of nitrogens with one attached hydrogen (secondary N) is 1. The molecule has 3 rings (SSSR count). The molecule has 2 heterocycles. The number of carbonyl (C=O) groups excluding carboxylic acids is 1. The molecule has 0 fully saturated rings. The SMILES string of the molecule is Cc1cccc(-n2nc3c(c2NC(=O)C(C)(C)C)C[S@@](=O)C3)c1C. The van der Waals surface area contributed by atoms with Gasteiger partial charge >= 0.3 is 0 Å². The summed E-state index contributed by atoms with van der Waals surface area (Å²) in [7, 11) is -0.936. The fourth-order valence-corrected chi connectivity index (χ4v) is 3.95. The molecule has 6 heteroatoms. The summed E-state index contributed by atoms with van der Waals surface area (Å²) in [5.41, 5.74) is 4.43. The Morgan fingerprint density at radius 3 is 2.62 bits per heavy atom. The van der Waals surface area contributed by atoms with Crippen LogP contribution in [-0.4, -0.2) is 19.9 Å². The van der Waals surface area contributed by atoms with Crippen LogP contribution in [0, 0.1) is 19.3 Å². The smallest absolute Gasteiger partial charge is 0.230 e. The molecule has 1 aliphatic heterocycles. The van der Waals surface area contributed by atoms with E-state index in [2.05, 4.69) is 23.4 Å². The van der Waals surface area contributed by atoms with E-state index in [1.165, 1.54) is 5.56 Å². The van der Waals surface area contributed by atoms with Crippen molar-refractivity contribution in [2.24, 2.45) is 5.41 Å². The Kier molecular flexibility index (Phi) is 4.11. The van der Waals surface area contributed by atoms with Gasteiger partial charge in [-0.15, -0.1) is 0 Å². The van der Waals surface area contributed by atoms with Gasteiger partial charge in [0.1, 0.15) is 5.82 Å². The van der Waals surface area contributed by atoms with Gasteiger partial charge in [0, 0.05) is 21.8 Å². The molecule has 5 nitrogen and oxygen atoms in total. The summed E-state index contributed by atoms with van der Waals surface area (Å²) in [6.45, 7) is 9.72. The molecule has 0 saturated heterocycles. The van der Waals surface area contributed by atoms with Crippen LogP contribution < -0.4 is 5.32 Å². The lowest BCUT2D eigenvalue weighted by Crippen LogP contribution is -2.29. The summed E-state index contributed by atoms with van der Waals surface area (Å²) in [4.78, 5) is 12.5. The van der Waals surface area contributed by atoms with E-state index < -0.39 is 16.2 Å². The number of aryl methyl sites for hydroxylation is 1. The van der Waals surface area contributed by atoms with Gasteiger partial charge in [-0.1, -0.05) is 32.9 Å². The number of aromatic nitrogens is 2. The van der Waals surface area contributed by atoms with E-state index in [-0.39, 0.29) is 5.91 Å². The van der Waals surface area contributed by atoms with Gasteiger partial charge in [0.25, 0.3) is 0 Å².